The summed E-state index contributed by atoms with van der Waals surface area (Å²) in [5, 5.41) is 3.09. The lowest BCUT2D eigenvalue weighted by Crippen LogP contribution is -2.10. The first-order valence-corrected chi connectivity index (χ1v) is 7.53. The number of anilines is 1. The second-order valence-corrected chi connectivity index (χ2v) is 5.49. The molecule has 2 heterocycles. The van der Waals surface area contributed by atoms with Crippen LogP contribution in [0.15, 0.2) is 11.1 Å². The number of aromatic nitrogens is 1. The second-order valence-electron chi connectivity index (χ2n) is 4.48. The zero-order valence-corrected chi connectivity index (χ0v) is 11.7. The summed E-state index contributed by atoms with van der Waals surface area (Å²) in [6, 6.07) is 0.892. The number of ether oxygens (including phenoxy) is 1. The van der Waals surface area contributed by atoms with Crippen molar-refractivity contribution in [3.05, 3.63) is 17.7 Å². The highest BCUT2D eigenvalue weighted by atomic mass is 32.2. The van der Waals surface area contributed by atoms with Gasteiger partial charge in [-0.15, -0.1) is 11.8 Å². The topological polar surface area (TPSA) is 34.2 Å². The van der Waals surface area contributed by atoms with Crippen molar-refractivity contribution in [3.63, 3.8) is 0 Å². The zero-order chi connectivity index (χ0) is 13.7. The van der Waals surface area contributed by atoms with Crippen molar-refractivity contribution >= 4 is 17.6 Å². The van der Waals surface area contributed by atoms with Crippen LogP contribution < -0.4 is 5.32 Å². The van der Waals surface area contributed by atoms with Crippen LogP contribution >= 0.6 is 11.8 Å². The molecule has 19 heavy (non-hydrogen) atoms. The highest BCUT2D eigenvalue weighted by molar-refractivity contribution is 7.99. The number of pyridine rings is 1. The molecule has 1 aromatic rings. The van der Waals surface area contributed by atoms with Crippen molar-refractivity contribution in [2.24, 2.45) is 0 Å². The third-order valence-corrected chi connectivity index (χ3v) is 3.97. The molecular formula is C13H18F2N2OS. The molecule has 1 unspecified atom stereocenters. The van der Waals surface area contributed by atoms with Crippen LogP contribution in [0.25, 0.3) is 0 Å². The molecule has 3 nitrogen and oxygen atoms in total. The Bertz CT molecular complexity index is 425. The summed E-state index contributed by atoms with van der Waals surface area (Å²) >= 11 is 1.28. The molecule has 1 N–H and O–H groups in total. The number of thioether (sulfide) groups is 1. The number of hydrogen-bond acceptors (Lipinski definition) is 4. The van der Waals surface area contributed by atoms with Crippen molar-refractivity contribution in [2.75, 3.05) is 24.2 Å². The standard InChI is InChI=1S/C13H18F2N2OS/c1-2-5-16-12-10(14)7-11(15)13(17-12)19-8-9-4-3-6-18-9/h7,9H,2-6,8H2,1H3,(H,16,17). The first kappa shape index (κ1) is 14.5. The average molecular weight is 288 g/mol. The van der Waals surface area contributed by atoms with Crippen LogP contribution in [0.2, 0.25) is 0 Å². The molecule has 0 aliphatic carbocycles. The molecule has 1 fully saturated rings. The van der Waals surface area contributed by atoms with E-state index in [1.165, 1.54) is 11.8 Å². The Morgan fingerprint density at radius 1 is 1.47 bits per heavy atom. The highest BCUT2D eigenvalue weighted by Crippen LogP contribution is 2.27. The summed E-state index contributed by atoms with van der Waals surface area (Å²) in [6.07, 6.45) is 3.06. The molecule has 0 saturated carbocycles. The summed E-state index contributed by atoms with van der Waals surface area (Å²) < 4.78 is 32.6. The summed E-state index contributed by atoms with van der Waals surface area (Å²) in [4.78, 5) is 4.02. The molecule has 1 aliphatic heterocycles. The molecule has 0 aromatic carbocycles. The molecule has 106 valence electrons. The molecule has 0 spiro atoms. The molecule has 6 heteroatoms. The minimum absolute atomic E-state index is 0.123. The van der Waals surface area contributed by atoms with Gasteiger partial charge < -0.3 is 10.1 Å². The minimum Gasteiger partial charge on any atom is -0.377 e. The van der Waals surface area contributed by atoms with Crippen molar-refractivity contribution in [1.82, 2.24) is 4.98 Å². The largest absolute Gasteiger partial charge is 0.377 e. The molecule has 2 rings (SSSR count). The van der Waals surface area contributed by atoms with Gasteiger partial charge in [-0.1, -0.05) is 6.92 Å². The number of nitrogens with zero attached hydrogens (tertiary/aromatic N) is 1. The molecule has 0 radical (unpaired) electrons. The van der Waals surface area contributed by atoms with E-state index in [-0.39, 0.29) is 16.9 Å². The third-order valence-electron chi connectivity index (χ3n) is 2.87. The smallest absolute Gasteiger partial charge is 0.168 e. The van der Waals surface area contributed by atoms with Gasteiger partial charge in [0.1, 0.15) is 5.03 Å². The van der Waals surface area contributed by atoms with Crippen LogP contribution in [-0.2, 0) is 4.74 Å². The Labute approximate surface area is 116 Å². The van der Waals surface area contributed by atoms with E-state index in [1.54, 1.807) is 0 Å². The molecule has 1 aromatic heterocycles. The second kappa shape index (κ2) is 7.05. The van der Waals surface area contributed by atoms with Crippen LogP contribution in [0.4, 0.5) is 14.6 Å². The summed E-state index contributed by atoms with van der Waals surface area (Å²) in [5.41, 5.74) is 0. The summed E-state index contributed by atoms with van der Waals surface area (Å²) in [7, 11) is 0. The van der Waals surface area contributed by atoms with Crippen LogP contribution in [0.1, 0.15) is 26.2 Å². The van der Waals surface area contributed by atoms with E-state index in [1.807, 2.05) is 6.92 Å². The zero-order valence-electron chi connectivity index (χ0n) is 10.9. The lowest BCUT2D eigenvalue weighted by molar-refractivity contribution is 0.129. The predicted molar refractivity (Wildman–Crippen MR) is 72.6 cm³/mol. The van der Waals surface area contributed by atoms with E-state index < -0.39 is 11.6 Å². The Morgan fingerprint density at radius 2 is 2.32 bits per heavy atom. The van der Waals surface area contributed by atoms with Crippen LogP contribution in [-0.4, -0.2) is 30.0 Å². The van der Waals surface area contributed by atoms with Gasteiger partial charge in [0.2, 0.25) is 0 Å². The molecule has 0 bridgehead atoms. The van der Waals surface area contributed by atoms with Crippen molar-refractivity contribution in [1.29, 1.82) is 0 Å². The molecule has 1 aliphatic rings. The van der Waals surface area contributed by atoms with Crippen molar-refractivity contribution in [2.45, 2.75) is 37.3 Å². The Balaban J connectivity index is 2.01. The normalized spacial score (nSPS) is 18.8. The lowest BCUT2D eigenvalue weighted by Gasteiger charge is -2.11. The van der Waals surface area contributed by atoms with Crippen molar-refractivity contribution in [3.8, 4) is 0 Å². The fraction of sp³-hybridized carbons (Fsp3) is 0.615. The van der Waals surface area contributed by atoms with Gasteiger partial charge >= 0.3 is 0 Å². The highest BCUT2D eigenvalue weighted by Gasteiger charge is 2.18. The summed E-state index contributed by atoms with van der Waals surface area (Å²) in [5.74, 6) is -0.476. The first-order valence-electron chi connectivity index (χ1n) is 6.55. The van der Waals surface area contributed by atoms with Gasteiger partial charge in [0.15, 0.2) is 17.5 Å². The van der Waals surface area contributed by atoms with Gasteiger partial charge in [-0.3, -0.25) is 0 Å². The van der Waals surface area contributed by atoms with E-state index in [0.29, 0.717) is 12.3 Å². The van der Waals surface area contributed by atoms with Crippen molar-refractivity contribution < 1.29 is 13.5 Å². The van der Waals surface area contributed by atoms with Crippen LogP contribution in [0, 0.1) is 11.6 Å². The van der Waals surface area contributed by atoms with E-state index in [4.69, 9.17) is 4.74 Å². The Morgan fingerprint density at radius 3 is 3.00 bits per heavy atom. The third kappa shape index (κ3) is 4.04. The lowest BCUT2D eigenvalue weighted by atomic mass is 10.3. The average Bonchev–Trinajstić information content (AvgIpc) is 2.90. The number of nitrogens with one attached hydrogen (secondary N) is 1. The predicted octanol–water partition coefficient (Wildman–Crippen LogP) is 3.45. The van der Waals surface area contributed by atoms with Gasteiger partial charge in [-0.25, -0.2) is 13.8 Å². The van der Waals surface area contributed by atoms with Gasteiger partial charge in [-0.05, 0) is 19.3 Å². The summed E-state index contributed by atoms with van der Waals surface area (Å²) in [6.45, 7) is 3.36. The minimum atomic E-state index is -0.646. The van der Waals surface area contributed by atoms with Gasteiger partial charge in [0.25, 0.3) is 0 Å². The SMILES string of the molecule is CCCNc1nc(SCC2CCCO2)c(F)cc1F. The molecule has 1 saturated heterocycles. The van der Waals surface area contributed by atoms with Gasteiger partial charge in [0, 0.05) is 25.0 Å². The maximum Gasteiger partial charge on any atom is 0.168 e. The fourth-order valence-corrected chi connectivity index (χ4v) is 2.83. The number of rotatable bonds is 6. The quantitative estimate of drug-likeness (QED) is 0.813. The maximum atomic E-state index is 13.6. The number of hydrogen-bond donors (Lipinski definition) is 1. The van der Waals surface area contributed by atoms with E-state index in [2.05, 4.69) is 10.3 Å². The van der Waals surface area contributed by atoms with E-state index >= 15 is 0 Å². The number of halogens is 2. The van der Waals surface area contributed by atoms with Crippen LogP contribution in [0.5, 0.6) is 0 Å². The first-order chi connectivity index (χ1) is 9.20. The molecule has 0 amide bonds. The Hall–Kier alpha value is -0.880. The molecule has 1 atom stereocenters. The maximum absolute atomic E-state index is 13.6. The van der Waals surface area contributed by atoms with E-state index in [0.717, 1.165) is 31.9 Å². The molecular weight excluding hydrogens is 270 g/mol. The fourth-order valence-electron chi connectivity index (χ4n) is 1.87. The van der Waals surface area contributed by atoms with E-state index in [9.17, 15) is 8.78 Å². The van der Waals surface area contributed by atoms with Gasteiger partial charge in [-0.2, -0.15) is 0 Å². The van der Waals surface area contributed by atoms with Gasteiger partial charge in [0.05, 0.1) is 6.10 Å². The monoisotopic (exact) mass is 288 g/mol. The van der Waals surface area contributed by atoms with Crippen LogP contribution in [0.3, 0.4) is 0 Å². The Kier molecular flexibility index (Phi) is 5.39.